The van der Waals surface area contributed by atoms with Gasteiger partial charge in [0.25, 0.3) is 0 Å². The maximum Gasteiger partial charge on any atom is 0.245 e. The Balaban J connectivity index is 1.79. The minimum Gasteiger partial charge on any atom is -0.381 e. The molecular formula is C15H20ClN3O2. The van der Waals surface area contributed by atoms with Crippen molar-refractivity contribution >= 4 is 28.9 Å². The molecule has 1 fully saturated rings. The van der Waals surface area contributed by atoms with Crippen molar-refractivity contribution in [3.05, 3.63) is 22.7 Å². The monoisotopic (exact) mass is 309 g/mol. The predicted molar refractivity (Wildman–Crippen MR) is 83.8 cm³/mol. The SMILES string of the molecule is CN(CC1CCCOC1)c1cc2c(cc1Cl)C(N)C(=O)N2. The molecule has 0 saturated carbocycles. The number of amides is 1. The lowest BCUT2D eigenvalue weighted by atomic mass is 10.0. The smallest absolute Gasteiger partial charge is 0.245 e. The van der Waals surface area contributed by atoms with Crippen LogP contribution in [0.2, 0.25) is 5.02 Å². The number of ether oxygens (including phenoxy) is 1. The fourth-order valence-corrected chi connectivity index (χ4v) is 3.34. The van der Waals surface area contributed by atoms with Crippen molar-refractivity contribution in [2.24, 2.45) is 11.7 Å². The molecule has 2 aliphatic rings. The van der Waals surface area contributed by atoms with Crippen LogP contribution in [0.1, 0.15) is 24.4 Å². The van der Waals surface area contributed by atoms with Crippen LogP contribution in [-0.2, 0) is 9.53 Å². The lowest BCUT2D eigenvalue weighted by Crippen LogP contribution is -2.31. The molecule has 21 heavy (non-hydrogen) atoms. The number of rotatable bonds is 3. The molecule has 0 spiro atoms. The number of hydrogen-bond acceptors (Lipinski definition) is 4. The molecule has 2 aliphatic heterocycles. The van der Waals surface area contributed by atoms with Crippen LogP contribution in [0.4, 0.5) is 11.4 Å². The summed E-state index contributed by atoms with van der Waals surface area (Å²) < 4.78 is 5.52. The largest absolute Gasteiger partial charge is 0.381 e. The van der Waals surface area contributed by atoms with Gasteiger partial charge in [0.05, 0.1) is 17.3 Å². The van der Waals surface area contributed by atoms with E-state index < -0.39 is 6.04 Å². The summed E-state index contributed by atoms with van der Waals surface area (Å²) in [6.45, 7) is 2.55. The molecule has 0 aromatic heterocycles. The molecule has 1 aromatic rings. The van der Waals surface area contributed by atoms with Gasteiger partial charge < -0.3 is 20.7 Å². The number of nitrogens with two attached hydrogens (primary N) is 1. The van der Waals surface area contributed by atoms with Gasteiger partial charge in [-0.05, 0) is 30.9 Å². The molecule has 3 N–H and O–H groups in total. The molecule has 1 amide bonds. The molecule has 1 aromatic carbocycles. The van der Waals surface area contributed by atoms with Crippen molar-refractivity contribution in [1.29, 1.82) is 0 Å². The third-order valence-electron chi connectivity index (χ3n) is 4.19. The van der Waals surface area contributed by atoms with Crippen molar-refractivity contribution in [2.45, 2.75) is 18.9 Å². The molecule has 0 aliphatic carbocycles. The summed E-state index contributed by atoms with van der Waals surface area (Å²) in [7, 11) is 2.01. The summed E-state index contributed by atoms with van der Waals surface area (Å²) in [5.41, 5.74) is 8.28. The van der Waals surface area contributed by atoms with Crippen LogP contribution >= 0.6 is 11.6 Å². The van der Waals surface area contributed by atoms with Gasteiger partial charge in [-0.2, -0.15) is 0 Å². The topological polar surface area (TPSA) is 67.6 Å². The van der Waals surface area contributed by atoms with Gasteiger partial charge in [0, 0.05) is 31.5 Å². The van der Waals surface area contributed by atoms with E-state index in [-0.39, 0.29) is 5.91 Å². The van der Waals surface area contributed by atoms with E-state index in [1.54, 1.807) is 6.07 Å². The lowest BCUT2D eigenvalue weighted by Gasteiger charge is -2.29. The highest BCUT2D eigenvalue weighted by molar-refractivity contribution is 6.33. The van der Waals surface area contributed by atoms with E-state index in [9.17, 15) is 4.79 Å². The second-order valence-electron chi connectivity index (χ2n) is 5.82. The van der Waals surface area contributed by atoms with Crippen molar-refractivity contribution in [3.8, 4) is 0 Å². The van der Waals surface area contributed by atoms with Gasteiger partial charge in [-0.15, -0.1) is 0 Å². The number of nitrogens with zero attached hydrogens (tertiary/aromatic N) is 1. The van der Waals surface area contributed by atoms with Gasteiger partial charge >= 0.3 is 0 Å². The summed E-state index contributed by atoms with van der Waals surface area (Å²) in [4.78, 5) is 13.8. The Kier molecular flexibility index (Phi) is 4.06. The molecular weight excluding hydrogens is 290 g/mol. The maximum absolute atomic E-state index is 11.6. The van der Waals surface area contributed by atoms with E-state index in [4.69, 9.17) is 22.1 Å². The van der Waals surface area contributed by atoms with E-state index in [2.05, 4.69) is 10.2 Å². The molecule has 5 nitrogen and oxygen atoms in total. The zero-order valence-corrected chi connectivity index (χ0v) is 12.8. The summed E-state index contributed by atoms with van der Waals surface area (Å²) in [6.07, 6.45) is 2.29. The number of benzene rings is 1. The third-order valence-corrected chi connectivity index (χ3v) is 4.50. The summed E-state index contributed by atoms with van der Waals surface area (Å²) in [5, 5.41) is 3.42. The van der Waals surface area contributed by atoms with Gasteiger partial charge in [-0.25, -0.2) is 0 Å². The van der Waals surface area contributed by atoms with E-state index >= 15 is 0 Å². The zero-order valence-electron chi connectivity index (χ0n) is 12.1. The Bertz CT molecular complexity index is 558. The van der Waals surface area contributed by atoms with Crippen LogP contribution in [0.5, 0.6) is 0 Å². The summed E-state index contributed by atoms with van der Waals surface area (Å²) in [6, 6.07) is 3.08. The van der Waals surface area contributed by atoms with E-state index in [0.29, 0.717) is 10.9 Å². The van der Waals surface area contributed by atoms with Crippen molar-refractivity contribution in [3.63, 3.8) is 0 Å². The molecule has 6 heteroatoms. The Labute approximate surface area is 129 Å². The first-order chi connectivity index (χ1) is 10.1. The first-order valence-electron chi connectivity index (χ1n) is 7.25. The highest BCUT2D eigenvalue weighted by Gasteiger charge is 2.29. The van der Waals surface area contributed by atoms with E-state index in [0.717, 1.165) is 43.1 Å². The average molecular weight is 310 g/mol. The molecule has 2 unspecified atom stereocenters. The van der Waals surface area contributed by atoms with Crippen LogP contribution in [0, 0.1) is 5.92 Å². The van der Waals surface area contributed by atoms with Crippen molar-refractivity contribution in [1.82, 2.24) is 0 Å². The van der Waals surface area contributed by atoms with E-state index in [1.165, 1.54) is 6.42 Å². The summed E-state index contributed by atoms with van der Waals surface area (Å²) in [5.74, 6) is 0.339. The maximum atomic E-state index is 11.6. The fourth-order valence-electron chi connectivity index (χ4n) is 3.02. The highest BCUT2D eigenvalue weighted by atomic mass is 35.5. The van der Waals surface area contributed by atoms with Gasteiger partial charge in [-0.3, -0.25) is 4.79 Å². The number of halogens is 1. The second kappa shape index (κ2) is 5.83. The Hall–Kier alpha value is -1.30. The molecule has 2 atom stereocenters. The fraction of sp³-hybridized carbons (Fsp3) is 0.533. The number of nitrogens with one attached hydrogen (secondary N) is 1. The number of anilines is 2. The lowest BCUT2D eigenvalue weighted by molar-refractivity contribution is -0.116. The van der Waals surface area contributed by atoms with Crippen LogP contribution in [-0.4, -0.2) is 32.7 Å². The summed E-state index contributed by atoms with van der Waals surface area (Å²) >= 11 is 6.37. The standard InChI is InChI=1S/C15H20ClN3O2/c1-19(7-9-3-2-4-21-8-9)13-6-12-10(5-11(13)16)14(17)15(20)18-12/h5-6,9,14H,2-4,7-8,17H2,1H3,(H,18,20). The van der Waals surface area contributed by atoms with E-state index in [1.807, 2.05) is 13.1 Å². The molecule has 1 saturated heterocycles. The van der Waals surface area contributed by atoms with Crippen molar-refractivity contribution < 1.29 is 9.53 Å². The number of carbonyl (C=O) groups excluding carboxylic acids is 1. The van der Waals surface area contributed by atoms with Crippen molar-refractivity contribution in [2.75, 3.05) is 37.0 Å². The second-order valence-corrected chi connectivity index (χ2v) is 6.23. The number of fused-ring (bicyclic) bond motifs is 1. The predicted octanol–water partition coefficient (Wildman–Crippen LogP) is 2.15. The van der Waals surface area contributed by atoms with Crippen LogP contribution in [0.25, 0.3) is 0 Å². The number of hydrogen-bond donors (Lipinski definition) is 2. The minimum atomic E-state index is -0.622. The molecule has 0 bridgehead atoms. The molecule has 2 heterocycles. The first kappa shape index (κ1) is 14.6. The van der Waals surface area contributed by atoms with Crippen LogP contribution in [0.3, 0.4) is 0 Å². The Morgan fingerprint density at radius 3 is 3.05 bits per heavy atom. The molecule has 0 radical (unpaired) electrons. The average Bonchev–Trinajstić information content (AvgIpc) is 2.74. The third kappa shape index (κ3) is 2.86. The van der Waals surface area contributed by atoms with Crippen LogP contribution < -0.4 is 16.0 Å². The quantitative estimate of drug-likeness (QED) is 0.898. The normalized spacial score (nSPS) is 24.6. The van der Waals surface area contributed by atoms with Gasteiger partial charge in [0.1, 0.15) is 6.04 Å². The Morgan fingerprint density at radius 2 is 2.33 bits per heavy atom. The highest BCUT2D eigenvalue weighted by Crippen LogP contribution is 2.38. The molecule has 3 rings (SSSR count). The van der Waals surface area contributed by atoms with Gasteiger partial charge in [0.2, 0.25) is 5.91 Å². The van der Waals surface area contributed by atoms with Gasteiger partial charge in [0.15, 0.2) is 0 Å². The minimum absolute atomic E-state index is 0.179. The Morgan fingerprint density at radius 1 is 1.52 bits per heavy atom. The number of carbonyl (C=O) groups is 1. The zero-order chi connectivity index (χ0) is 15.0. The van der Waals surface area contributed by atoms with Gasteiger partial charge in [-0.1, -0.05) is 11.6 Å². The van der Waals surface area contributed by atoms with Crippen LogP contribution in [0.15, 0.2) is 12.1 Å². The first-order valence-corrected chi connectivity index (χ1v) is 7.63. The molecule has 114 valence electrons.